The van der Waals surface area contributed by atoms with Crippen molar-refractivity contribution in [3.63, 3.8) is 0 Å². The number of ether oxygens (including phenoxy) is 1. The molecule has 5 nitrogen and oxygen atoms in total. The van der Waals surface area contributed by atoms with Gasteiger partial charge < -0.3 is 10.1 Å². The second kappa shape index (κ2) is 7.52. The number of hydrogen-bond acceptors (Lipinski definition) is 4. The summed E-state index contributed by atoms with van der Waals surface area (Å²) in [6.45, 7) is 0.774. The van der Waals surface area contributed by atoms with Crippen LogP contribution >= 0.6 is 12.4 Å². The van der Waals surface area contributed by atoms with Gasteiger partial charge in [0.25, 0.3) is 0 Å². The molecule has 0 aromatic heterocycles. The molecule has 1 aromatic rings. The fourth-order valence-corrected chi connectivity index (χ4v) is 2.25. The van der Waals surface area contributed by atoms with Gasteiger partial charge in [-0.3, -0.25) is 0 Å². The van der Waals surface area contributed by atoms with E-state index in [9.17, 15) is 12.8 Å². The molecule has 0 heterocycles. The summed E-state index contributed by atoms with van der Waals surface area (Å²) < 4.78 is 43.8. The zero-order chi connectivity index (χ0) is 12.9. The molecule has 0 saturated carbocycles. The van der Waals surface area contributed by atoms with Crippen LogP contribution in [0.25, 0.3) is 0 Å². The third kappa shape index (κ3) is 4.41. The molecule has 0 aliphatic rings. The number of sulfonamides is 1. The highest BCUT2D eigenvalue weighted by Crippen LogP contribution is 2.20. The van der Waals surface area contributed by atoms with Crippen LogP contribution in [0.1, 0.15) is 0 Å². The monoisotopic (exact) mass is 298 g/mol. The van der Waals surface area contributed by atoms with Crippen molar-refractivity contribution in [2.75, 3.05) is 27.2 Å². The first kappa shape index (κ1) is 17.1. The first-order valence-corrected chi connectivity index (χ1v) is 6.47. The predicted octanol–water partition coefficient (Wildman–Crippen LogP) is 0.754. The highest BCUT2D eigenvalue weighted by molar-refractivity contribution is 7.89. The number of rotatable bonds is 6. The normalized spacial score (nSPS) is 10.8. The molecule has 0 atom stereocenters. The van der Waals surface area contributed by atoms with Crippen LogP contribution in [0.3, 0.4) is 0 Å². The van der Waals surface area contributed by atoms with Gasteiger partial charge in [-0.2, -0.15) is 0 Å². The molecule has 0 unspecified atom stereocenters. The molecule has 18 heavy (non-hydrogen) atoms. The largest absolute Gasteiger partial charge is 0.494 e. The van der Waals surface area contributed by atoms with E-state index in [2.05, 4.69) is 10.0 Å². The SMILES string of the molecule is CNCCNS(=O)(=O)c1ccc(F)c(OC)c1.Cl. The van der Waals surface area contributed by atoms with Gasteiger partial charge in [0.2, 0.25) is 10.0 Å². The molecule has 0 aliphatic heterocycles. The second-order valence-corrected chi connectivity index (χ2v) is 5.06. The predicted molar refractivity (Wildman–Crippen MR) is 69.3 cm³/mol. The van der Waals surface area contributed by atoms with Crippen LogP contribution in [0, 0.1) is 5.82 Å². The van der Waals surface area contributed by atoms with E-state index < -0.39 is 15.8 Å². The van der Waals surface area contributed by atoms with Crippen LogP contribution in [0.5, 0.6) is 5.75 Å². The number of hydrogen-bond donors (Lipinski definition) is 2. The number of benzene rings is 1. The van der Waals surface area contributed by atoms with Gasteiger partial charge in [-0.05, 0) is 19.2 Å². The van der Waals surface area contributed by atoms with Gasteiger partial charge in [-0.15, -0.1) is 12.4 Å². The number of halogens is 2. The van der Waals surface area contributed by atoms with E-state index in [-0.39, 0.29) is 29.6 Å². The molecular weight excluding hydrogens is 283 g/mol. The molecule has 0 amide bonds. The van der Waals surface area contributed by atoms with Crippen molar-refractivity contribution < 1.29 is 17.5 Å². The van der Waals surface area contributed by atoms with E-state index in [4.69, 9.17) is 4.74 Å². The Kier molecular flexibility index (Phi) is 7.15. The number of likely N-dealkylation sites (N-methyl/N-ethyl adjacent to an activating group) is 1. The molecule has 104 valence electrons. The Bertz CT molecular complexity index is 482. The maximum atomic E-state index is 13.1. The van der Waals surface area contributed by atoms with Crippen molar-refractivity contribution in [3.8, 4) is 5.75 Å². The van der Waals surface area contributed by atoms with Crippen LogP contribution < -0.4 is 14.8 Å². The molecule has 0 bridgehead atoms. The maximum absolute atomic E-state index is 13.1. The van der Waals surface area contributed by atoms with E-state index in [1.165, 1.54) is 13.2 Å². The molecule has 0 radical (unpaired) electrons. The smallest absolute Gasteiger partial charge is 0.240 e. The van der Waals surface area contributed by atoms with Crippen molar-refractivity contribution in [2.45, 2.75) is 4.90 Å². The fraction of sp³-hybridized carbons (Fsp3) is 0.400. The Hall–Kier alpha value is -0.890. The first-order valence-electron chi connectivity index (χ1n) is 4.99. The van der Waals surface area contributed by atoms with Crippen molar-refractivity contribution in [2.24, 2.45) is 0 Å². The molecule has 0 aliphatic carbocycles. The quantitative estimate of drug-likeness (QED) is 0.761. The summed E-state index contributed by atoms with van der Waals surface area (Å²) in [5.41, 5.74) is 0. The molecule has 2 N–H and O–H groups in total. The van der Waals surface area contributed by atoms with E-state index in [0.717, 1.165) is 12.1 Å². The third-order valence-electron chi connectivity index (χ3n) is 2.10. The standard InChI is InChI=1S/C10H15FN2O3S.ClH/c1-12-5-6-13-17(14,15)8-3-4-9(11)10(7-8)16-2;/h3-4,7,12-13H,5-6H2,1-2H3;1H. The van der Waals surface area contributed by atoms with Crippen molar-refractivity contribution in [3.05, 3.63) is 24.0 Å². The molecule has 0 spiro atoms. The Balaban J connectivity index is 0.00000289. The average Bonchev–Trinajstić information content (AvgIpc) is 2.29. The van der Waals surface area contributed by atoms with Crippen LogP contribution in [0.4, 0.5) is 4.39 Å². The Morgan fingerprint density at radius 1 is 1.33 bits per heavy atom. The average molecular weight is 299 g/mol. The van der Waals surface area contributed by atoms with E-state index in [1.54, 1.807) is 7.05 Å². The van der Waals surface area contributed by atoms with Gasteiger partial charge in [0.15, 0.2) is 11.6 Å². The highest BCUT2D eigenvalue weighted by atomic mass is 35.5. The minimum absolute atomic E-state index is 0. The molecule has 8 heteroatoms. The first-order chi connectivity index (χ1) is 8.01. The van der Waals surface area contributed by atoms with Crippen LogP contribution in [0.15, 0.2) is 23.1 Å². The van der Waals surface area contributed by atoms with Gasteiger partial charge in [0.1, 0.15) is 0 Å². The lowest BCUT2D eigenvalue weighted by molar-refractivity contribution is 0.385. The summed E-state index contributed by atoms with van der Waals surface area (Å²) in [5, 5.41) is 2.81. The zero-order valence-electron chi connectivity index (χ0n) is 10.1. The highest BCUT2D eigenvalue weighted by Gasteiger charge is 2.15. The zero-order valence-corrected chi connectivity index (χ0v) is 11.7. The number of methoxy groups -OCH3 is 1. The van der Waals surface area contributed by atoms with Crippen LogP contribution in [0.2, 0.25) is 0 Å². The molecule has 1 aromatic carbocycles. The van der Waals surface area contributed by atoms with Gasteiger partial charge in [0, 0.05) is 19.2 Å². The minimum atomic E-state index is -3.62. The van der Waals surface area contributed by atoms with Crippen molar-refractivity contribution in [1.82, 2.24) is 10.0 Å². The lowest BCUT2D eigenvalue weighted by atomic mass is 10.3. The number of nitrogens with one attached hydrogen (secondary N) is 2. The summed E-state index contributed by atoms with van der Waals surface area (Å²) in [6, 6.07) is 3.40. The summed E-state index contributed by atoms with van der Waals surface area (Å²) in [7, 11) is -0.620. The Morgan fingerprint density at radius 3 is 2.56 bits per heavy atom. The third-order valence-corrected chi connectivity index (χ3v) is 3.56. The Labute approximate surface area is 112 Å². The van der Waals surface area contributed by atoms with Crippen LogP contribution in [-0.2, 0) is 10.0 Å². The maximum Gasteiger partial charge on any atom is 0.240 e. The van der Waals surface area contributed by atoms with Gasteiger partial charge in [-0.1, -0.05) is 0 Å². The van der Waals surface area contributed by atoms with Gasteiger partial charge in [-0.25, -0.2) is 17.5 Å². The Morgan fingerprint density at radius 2 is 2.00 bits per heavy atom. The molecule has 0 fully saturated rings. The lowest BCUT2D eigenvalue weighted by Crippen LogP contribution is -2.30. The van der Waals surface area contributed by atoms with Crippen LogP contribution in [-0.4, -0.2) is 35.7 Å². The second-order valence-electron chi connectivity index (χ2n) is 3.30. The molecular formula is C10H16ClFN2O3S. The van der Waals surface area contributed by atoms with E-state index in [1.807, 2.05) is 0 Å². The lowest BCUT2D eigenvalue weighted by Gasteiger charge is -2.08. The van der Waals surface area contributed by atoms with Crippen molar-refractivity contribution >= 4 is 22.4 Å². The van der Waals surface area contributed by atoms with E-state index in [0.29, 0.717) is 6.54 Å². The summed E-state index contributed by atoms with van der Waals surface area (Å²) in [5.74, 6) is -0.692. The van der Waals surface area contributed by atoms with Gasteiger partial charge in [0.05, 0.1) is 12.0 Å². The van der Waals surface area contributed by atoms with Gasteiger partial charge >= 0.3 is 0 Å². The summed E-state index contributed by atoms with van der Waals surface area (Å²) in [4.78, 5) is -0.0214. The minimum Gasteiger partial charge on any atom is -0.494 e. The summed E-state index contributed by atoms with van der Waals surface area (Å²) in [6.07, 6.45) is 0. The molecule has 1 rings (SSSR count). The van der Waals surface area contributed by atoms with E-state index >= 15 is 0 Å². The van der Waals surface area contributed by atoms with Crippen molar-refractivity contribution in [1.29, 1.82) is 0 Å². The molecule has 0 saturated heterocycles. The fourth-order valence-electron chi connectivity index (χ4n) is 1.20. The summed E-state index contributed by atoms with van der Waals surface area (Å²) >= 11 is 0. The topological polar surface area (TPSA) is 67.4 Å².